The number of fused-ring (bicyclic) bond motifs is 3. The summed E-state index contributed by atoms with van der Waals surface area (Å²) in [5.74, 6) is 0. The fourth-order valence-corrected chi connectivity index (χ4v) is 3.40. The van der Waals surface area contributed by atoms with Crippen molar-refractivity contribution in [3.8, 4) is 17.1 Å². The van der Waals surface area contributed by atoms with Crippen molar-refractivity contribution in [2.75, 3.05) is 0 Å². The highest BCUT2D eigenvalue weighted by atomic mass is 16.5. The van der Waals surface area contributed by atoms with Crippen LogP contribution in [0.15, 0.2) is 49.1 Å². The molecular formula is C20H18N4O. The van der Waals surface area contributed by atoms with Crippen LogP contribution in [-0.4, -0.2) is 25.6 Å². The minimum absolute atomic E-state index is 0.298. The Morgan fingerprint density at radius 2 is 1.80 bits per heavy atom. The van der Waals surface area contributed by atoms with E-state index in [-0.39, 0.29) is 0 Å². The molecule has 5 heteroatoms. The zero-order chi connectivity index (χ0) is 16.8. The van der Waals surface area contributed by atoms with E-state index in [4.69, 9.17) is 4.74 Å². The molecule has 3 aromatic heterocycles. The third kappa shape index (κ3) is 2.35. The molecular weight excluding hydrogens is 312 g/mol. The molecule has 0 amide bonds. The summed E-state index contributed by atoms with van der Waals surface area (Å²) in [4.78, 5) is 13.0. The van der Waals surface area contributed by atoms with Crippen molar-refractivity contribution in [2.24, 2.45) is 7.05 Å². The molecule has 0 radical (unpaired) electrons. The van der Waals surface area contributed by atoms with Crippen LogP contribution in [0.25, 0.3) is 32.9 Å². The maximum absolute atomic E-state index is 5.74. The van der Waals surface area contributed by atoms with Crippen molar-refractivity contribution in [2.45, 2.75) is 25.4 Å². The number of ether oxygens (including phenoxy) is 1. The average Bonchev–Trinajstić information content (AvgIpc) is 2.91. The number of aryl methyl sites for hydroxylation is 1. The van der Waals surface area contributed by atoms with Crippen LogP contribution in [0.3, 0.4) is 0 Å². The SMILES string of the molecule is Cn1c2ccncc2c2ccc(-c3cnc(OC4CCC4)nc3)cc21. The molecule has 25 heavy (non-hydrogen) atoms. The van der Waals surface area contributed by atoms with Gasteiger partial charge in [-0.05, 0) is 37.0 Å². The molecule has 1 aliphatic carbocycles. The topological polar surface area (TPSA) is 52.8 Å². The normalized spacial score (nSPS) is 14.8. The van der Waals surface area contributed by atoms with Crippen LogP contribution in [-0.2, 0) is 7.05 Å². The smallest absolute Gasteiger partial charge is 0.316 e. The van der Waals surface area contributed by atoms with Crippen molar-refractivity contribution < 1.29 is 4.74 Å². The molecule has 5 nitrogen and oxygen atoms in total. The van der Waals surface area contributed by atoms with Crippen molar-refractivity contribution in [1.29, 1.82) is 0 Å². The van der Waals surface area contributed by atoms with Gasteiger partial charge in [-0.2, -0.15) is 0 Å². The van der Waals surface area contributed by atoms with Gasteiger partial charge >= 0.3 is 6.01 Å². The van der Waals surface area contributed by atoms with E-state index in [0.29, 0.717) is 12.1 Å². The Kier molecular flexibility index (Phi) is 3.20. The molecule has 5 rings (SSSR count). The van der Waals surface area contributed by atoms with E-state index in [1.807, 2.05) is 30.9 Å². The van der Waals surface area contributed by atoms with Crippen LogP contribution < -0.4 is 4.74 Å². The Bertz CT molecular complexity index is 1060. The summed E-state index contributed by atoms with van der Waals surface area (Å²) in [6, 6.07) is 8.96. The second-order valence-corrected chi connectivity index (χ2v) is 6.61. The highest BCUT2D eigenvalue weighted by Gasteiger charge is 2.20. The maximum atomic E-state index is 5.74. The molecule has 0 unspecified atom stereocenters. The molecule has 0 aliphatic heterocycles. The lowest BCUT2D eigenvalue weighted by atomic mass is 9.96. The Morgan fingerprint density at radius 3 is 2.56 bits per heavy atom. The van der Waals surface area contributed by atoms with Crippen LogP contribution in [0.1, 0.15) is 19.3 Å². The van der Waals surface area contributed by atoms with E-state index >= 15 is 0 Å². The van der Waals surface area contributed by atoms with Gasteiger partial charge in [0.2, 0.25) is 0 Å². The first-order valence-electron chi connectivity index (χ1n) is 8.61. The molecule has 0 N–H and O–H groups in total. The Hall–Kier alpha value is -2.95. The maximum Gasteiger partial charge on any atom is 0.316 e. The largest absolute Gasteiger partial charge is 0.460 e. The Morgan fingerprint density at radius 1 is 0.960 bits per heavy atom. The Balaban J connectivity index is 1.54. The number of rotatable bonds is 3. The Labute approximate surface area is 145 Å². The standard InChI is InChI=1S/C20H18N4O/c1-24-18-7-8-21-12-17(18)16-6-5-13(9-19(16)24)14-10-22-20(23-11-14)25-15-3-2-4-15/h5-12,15H,2-4H2,1H3. The van der Waals surface area contributed by atoms with Crippen LogP contribution in [0.5, 0.6) is 6.01 Å². The molecule has 0 atom stereocenters. The van der Waals surface area contributed by atoms with Crippen molar-refractivity contribution in [3.05, 3.63) is 49.1 Å². The van der Waals surface area contributed by atoms with Gasteiger partial charge in [-0.25, -0.2) is 9.97 Å². The number of hydrogen-bond acceptors (Lipinski definition) is 4. The van der Waals surface area contributed by atoms with E-state index in [9.17, 15) is 0 Å². The number of nitrogens with zero attached hydrogens (tertiary/aromatic N) is 4. The van der Waals surface area contributed by atoms with Gasteiger partial charge in [0.1, 0.15) is 6.10 Å². The van der Waals surface area contributed by atoms with Gasteiger partial charge in [-0.1, -0.05) is 12.1 Å². The average molecular weight is 330 g/mol. The molecule has 1 fully saturated rings. The van der Waals surface area contributed by atoms with E-state index < -0.39 is 0 Å². The van der Waals surface area contributed by atoms with Crippen LogP contribution in [0.2, 0.25) is 0 Å². The molecule has 3 heterocycles. The van der Waals surface area contributed by atoms with Gasteiger partial charge in [0.15, 0.2) is 0 Å². The second kappa shape index (κ2) is 5.55. The molecule has 1 aromatic carbocycles. The zero-order valence-corrected chi connectivity index (χ0v) is 14.0. The van der Waals surface area contributed by atoms with Gasteiger partial charge in [-0.3, -0.25) is 4.98 Å². The summed E-state index contributed by atoms with van der Waals surface area (Å²) >= 11 is 0. The van der Waals surface area contributed by atoms with Gasteiger partial charge in [0, 0.05) is 53.7 Å². The third-order valence-corrected chi connectivity index (χ3v) is 5.09. The summed E-state index contributed by atoms with van der Waals surface area (Å²) in [6.45, 7) is 0. The quantitative estimate of drug-likeness (QED) is 0.567. The monoisotopic (exact) mass is 330 g/mol. The third-order valence-electron chi connectivity index (χ3n) is 5.09. The van der Waals surface area contributed by atoms with E-state index in [2.05, 4.69) is 44.8 Å². The first kappa shape index (κ1) is 14.4. The summed E-state index contributed by atoms with van der Waals surface area (Å²) in [7, 11) is 2.08. The summed E-state index contributed by atoms with van der Waals surface area (Å²) in [6.07, 6.45) is 11.2. The molecule has 0 spiro atoms. The van der Waals surface area contributed by atoms with E-state index in [1.165, 1.54) is 28.2 Å². The molecule has 1 aliphatic rings. The van der Waals surface area contributed by atoms with Crippen molar-refractivity contribution >= 4 is 21.8 Å². The number of benzene rings is 1. The number of aromatic nitrogens is 4. The minimum atomic E-state index is 0.298. The highest BCUT2D eigenvalue weighted by Crippen LogP contribution is 2.31. The predicted molar refractivity (Wildman–Crippen MR) is 97.5 cm³/mol. The first-order valence-corrected chi connectivity index (χ1v) is 8.61. The van der Waals surface area contributed by atoms with Crippen LogP contribution >= 0.6 is 0 Å². The van der Waals surface area contributed by atoms with Crippen LogP contribution in [0, 0.1) is 0 Å². The molecule has 124 valence electrons. The first-order chi connectivity index (χ1) is 12.3. The lowest BCUT2D eigenvalue weighted by Gasteiger charge is -2.24. The van der Waals surface area contributed by atoms with Gasteiger partial charge < -0.3 is 9.30 Å². The molecule has 4 aromatic rings. The summed E-state index contributed by atoms with van der Waals surface area (Å²) in [5, 5.41) is 2.38. The number of pyridine rings is 1. The van der Waals surface area contributed by atoms with Crippen molar-refractivity contribution in [3.63, 3.8) is 0 Å². The second-order valence-electron chi connectivity index (χ2n) is 6.61. The molecule has 0 saturated heterocycles. The number of hydrogen-bond donors (Lipinski definition) is 0. The molecule has 0 bridgehead atoms. The van der Waals surface area contributed by atoms with Crippen LogP contribution in [0.4, 0.5) is 0 Å². The lowest BCUT2D eigenvalue weighted by Crippen LogP contribution is -2.25. The van der Waals surface area contributed by atoms with E-state index in [1.54, 1.807) is 0 Å². The van der Waals surface area contributed by atoms with Gasteiger partial charge in [0.25, 0.3) is 0 Å². The zero-order valence-electron chi connectivity index (χ0n) is 14.0. The summed E-state index contributed by atoms with van der Waals surface area (Å²) in [5.41, 5.74) is 4.45. The minimum Gasteiger partial charge on any atom is -0.460 e. The van der Waals surface area contributed by atoms with Gasteiger partial charge in [-0.15, -0.1) is 0 Å². The predicted octanol–water partition coefficient (Wildman–Crippen LogP) is 4.11. The highest BCUT2D eigenvalue weighted by molar-refractivity contribution is 6.08. The fraction of sp³-hybridized carbons (Fsp3) is 0.250. The fourth-order valence-electron chi connectivity index (χ4n) is 3.40. The van der Waals surface area contributed by atoms with Gasteiger partial charge in [0.05, 0.1) is 5.52 Å². The summed E-state index contributed by atoms with van der Waals surface area (Å²) < 4.78 is 7.94. The molecule has 1 saturated carbocycles. The van der Waals surface area contributed by atoms with E-state index in [0.717, 1.165) is 24.0 Å². The lowest BCUT2D eigenvalue weighted by molar-refractivity contribution is 0.108. The van der Waals surface area contributed by atoms with Crippen molar-refractivity contribution in [1.82, 2.24) is 19.5 Å².